The number of hydrogen-bond donors (Lipinski definition) is 3. The van der Waals surface area contributed by atoms with E-state index >= 15 is 0 Å². The molecule has 0 heterocycles. The molecule has 0 aliphatic rings. The van der Waals surface area contributed by atoms with Crippen molar-refractivity contribution in [3.8, 4) is 0 Å². The van der Waals surface area contributed by atoms with Gasteiger partial charge in [-0.2, -0.15) is 13.1 Å². The SMILES string of the molecule is COC(=O)NS(=O)(=O)NC(C)(C)CCO. The second-order valence-electron chi connectivity index (χ2n) is 3.56. The molecule has 0 aliphatic heterocycles. The molecule has 0 fully saturated rings. The number of aliphatic hydroxyl groups is 1. The number of aliphatic hydroxyl groups excluding tert-OH is 1. The molecule has 0 aliphatic carbocycles. The van der Waals surface area contributed by atoms with Crippen LogP contribution >= 0.6 is 0 Å². The first-order chi connectivity index (χ1) is 6.72. The molecule has 0 rings (SSSR count). The maximum Gasteiger partial charge on any atom is 0.421 e. The monoisotopic (exact) mass is 240 g/mol. The van der Waals surface area contributed by atoms with Crippen molar-refractivity contribution in [2.24, 2.45) is 0 Å². The molecule has 3 N–H and O–H groups in total. The van der Waals surface area contributed by atoms with Crippen molar-refractivity contribution < 1.29 is 23.1 Å². The van der Waals surface area contributed by atoms with Gasteiger partial charge in [0.25, 0.3) is 0 Å². The van der Waals surface area contributed by atoms with Crippen molar-refractivity contribution in [2.45, 2.75) is 25.8 Å². The van der Waals surface area contributed by atoms with Crippen molar-refractivity contribution in [2.75, 3.05) is 13.7 Å². The topological polar surface area (TPSA) is 105 Å². The summed E-state index contributed by atoms with van der Waals surface area (Å²) >= 11 is 0. The van der Waals surface area contributed by atoms with Crippen LogP contribution in [-0.4, -0.2) is 38.9 Å². The Labute approximate surface area is 89.0 Å². The largest absolute Gasteiger partial charge is 0.452 e. The van der Waals surface area contributed by atoms with Gasteiger partial charge in [0.05, 0.1) is 7.11 Å². The van der Waals surface area contributed by atoms with E-state index in [1.165, 1.54) is 0 Å². The second kappa shape index (κ2) is 5.29. The summed E-state index contributed by atoms with van der Waals surface area (Å²) in [6.07, 6.45) is -0.836. The molecule has 90 valence electrons. The average molecular weight is 240 g/mol. The summed E-state index contributed by atoms with van der Waals surface area (Å²) < 4.78 is 30.6. The van der Waals surface area contributed by atoms with Crippen LogP contribution in [0.4, 0.5) is 4.79 Å². The Morgan fingerprint density at radius 3 is 2.40 bits per heavy atom. The van der Waals surface area contributed by atoms with Crippen LogP contribution in [0.2, 0.25) is 0 Å². The van der Waals surface area contributed by atoms with Gasteiger partial charge < -0.3 is 9.84 Å². The minimum atomic E-state index is -3.96. The quantitative estimate of drug-likeness (QED) is 0.591. The van der Waals surface area contributed by atoms with Crippen LogP contribution < -0.4 is 9.44 Å². The van der Waals surface area contributed by atoms with Gasteiger partial charge in [-0.3, -0.25) is 0 Å². The molecule has 0 aromatic rings. The molecule has 0 aromatic heterocycles. The summed E-state index contributed by atoms with van der Waals surface area (Å²) in [6.45, 7) is 3.01. The zero-order chi connectivity index (χ0) is 12.1. The Balaban J connectivity index is 4.44. The highest BCUT2D eigenvalue weighted by molar-refractivity contribution is 7.88. The number of carbonyl (C=O) groups excluding carboxylic acids is 1. The van der Waals surface area contributed by atoms with E-state index < -0.39 is 21.8 Å². The number of methoxy groups -OCH3 is 1. The Morgan fingerprint density at radius 1 is 1.47 bits per heavy atom. The predicted octanol–water partition coefficient (Wildman–Crippen LogP) is -0.662. The average Bonchev–Trinajstić information content (AvgIpc) is 2.00. The first kappa shape index (κ1) is 14.1. The first-order valence-electron chi connectivity index (χ1n) is 4.23. The van der Waals surface area contributed by atoms with E-state index in [1.807, 2.05) is 0 Å². The summed E-state index contributed by atoms with van der Waals surface area (Å²) in [5, 5.41) is 8.68. The fourth-order valence-corrected chi connectivity index (χ4v) is 2.05. The smallest absolute Gasteiger partial charge is 0.421 e. The van der Waals surface area contributed by atoms with Gasteiger partial charge in [0.1, 0.15) is 0 Å². The van der Waals surface area contributed by atoms with E-state index in [0.29, 0.717) is 0 Å². The number of rotatable bonds is 5. The highest BCUT2D eigenvalue weighted by atomic mass is 32.2. The second-order valence-corrected chi connectivity index (χ2v) is 4.97. The standard InChI is InChI=1S/C7H16N2O5S/c1-7(2,4-5-10)9-15(12,13)8-6(11)14-3/h9-10H,4-5H2,1-3H3,(H,8,11). The van der Waals surface area contributed by atoms with Crippen molar-refractivity contribution in [3.05, 3.63) is 0 Å². The first-order valence-corrected chi connectivity index (χ1v) is 5.71. The van der Waals surface area contributed by atoms with Crippen LogP contribution in [0.3, 0.4) is 0 Å². The molecule has 0 aromatic carbocycles. The van der Waals surface area contributed by atoms with Gasteiger partial charge in [0, 0.05) is 12.1 Å². The van der Waals surface area contributed by atoms with Gasteiger partial charge in [-0.1, -0.05) is 0 Å². The van der Waals surface area contributed by atoms with E-state index in [2.05, 4.69) is 9.46 Å². The van der Waals surface area contributed by atoms with Gasteiger partial charge in [-0.15, -0.1) is 0 Å². The third kappa shape index (κ3) is 6.26. The molecule has 8 heteroatoms. The van der Waals surface area contributed by atoms with Crippen LogP contribution in [0.1, 0.15) is 20.3 Å². The molecule has 0 atom stereocenters. The zero-order valence-corrected chi connectivity index (χ0v) is 9.72. The van der Waals surface area contributed by atoms with Crippen LogP contribution in [0.5, 0.6) is 0 Å². The van der Waals surface area contributed by atoms with Crippen LogP contribution in [-0.2, 0) is 14.9 Å². The maximum absolute atomic E-state index is 11.3. The van der Waals surface area contributed by atoms with Gasteiger partial charge in [0.15, 0.2) is 0 Å². The summed E-state index contributed by atoms with van der Waals surface area (Å²) in [5.41, 5.74) is -0.839. The molecule has 15 heavy (non-hydrogen) atoms. The Hall–Kier alpha value is -0.860. The minimum Gasteiger partial charge on any atom is -0.452 e. The van der Waals surface area contributed by atoms with Crippen molar-refractivity contribution >= 4 is 16.3 Å². The highest BCUT2D eigenvalue weighted by Crippen LogP contribution is 2.08. The summed E-state index contributed by atoms with van der Waals surface area (Å²) in [6, 6.07) is 0. The lowest BCUT2D eigenvalue weighted by Crippen LogP contribution is -2.50. The number of nitrogens with one attached hydrogen (secondary N) is 2. The van der Waals surface area contributed by atoms with Crippen LogP contribution in [0, 0.1) is 0 Å². The molecule has 0 bridgehead atoms. The fraction of sp³-hybridized carbons (Fsp3) is 0.857. The summed E-state index contributed by atoms with van der Waals surface area (Å²) in [5.74, 6) is 0. The number of hydrogen-bond acceptors (Lipinski definition) is 5. The number of carbonyl (C=O) groups is 1. The molecule has 0 radical (unpaired) electrons. The van der Waals surface area contributed by atoms with Crippen LogP contribution in [0.25, 0.3) is 0 Å². The van der Waals surface area contributed by atoms with Crippen molar-refractivity contribution in [1.82, 2.24) is 9.44 Å². The fourth-order valence-electron chi connectivity index (χ4n) is 0.871. The summed E-state index contributed by atoms with van der Waals surface area (Å²) in [4.78, 5) is 10.7. The van der Waals surface area contributed by atoms with Gasteiger partial charge in [0.2, 0.25) is 0 Å². The maximum atomic E-state index is 11.3. The molecule has 0 saturated carbocycles. The van der Waals surface area contributed by atoms with E-state index in [9.17, 15) is 13.2 Å². The van der Waals surface area contributed by atoms with Crippen molar-refractivity contribution in [1.29, 1.82) is 0 Å². The van der Waals surface area contributed by atoms with Gasteiger partial charge in [-0.25, -0.2) is 9.52 Å². The van der Waals surface area contributed by atoms with E-state index in [4.69, 9.17) is 5.11 Å². The minimum absolute atomic E-state index is 0.159. The third-order valence-corrected chi connectivity index (χ3v) is 2.81. The highest BCUT2D eigenvalue weighted by Gasteiger charge is 2.25. The van der Waals surface area contributed by atoms with Crippen molar-refractivity contribution in [3.63, 3.8) is 0 Å². The zero-order valence-electron chi connectivity index (χ0n) is 8.90. The lowest BCUT2D eigenvalue weighted by molar-refractivity contribution is 0.177. The lowest BCUT2D eigenvalue weighted by atomic mass is 10.0. The number of amides is 1. The van der Waals surface area contributed by atoms with Gasteiger partial charge >= 0.3 is 16.3 Å². The molecule has 0 saturated heterocycles. The molecule has 7 nitrogen and oxygen atoms in total. The molecular weight excluding hydrogens is 224 g/mol. The third-order valence-electron chi connectivity index (χ3n) is 1.55. The number of ether oxygens (including phenoxy) is 1. The Morgan fingerprint density at radius 2 is 2.00 bits per heavy atom. The Bertz CT molecular complexity index is 311. The van der Waals surface area contributed by atoms with E-state index in [-0.39, 0.29) is 13.0 Å². The molecule has 0 unspecified atom stereocenters. The normalized spacial score (nSPS) is 12.3. The lowest BCUT2D eigenvalue weighted by Gasteiger charge is -2.24. The Kier molecular flexibility index (Phi) is 4.98. The van der Waals surface area contributed by atoms with E-state index in [1.54, 1.807) is 18.6 Å². The summed E-state index contributed by atoms with van der Waals surface area (Å²) in [7, 11) is -2.90. The van der Waals surface area contributed by atoms with Crippen LogP contribution in [0.15, 0.2) is 0 Å². The predicted molar refractivity (Wildman–Crippen MR) is 53.4 cm³/mol. The van der Waals surface area contributed by atoms with Gasteiger partial charge in [-0.05, 0) is 20.3 Å². The van der Waals surface area contributed by atoms with E-state index in [0.717, 1.165) is 7.11 Å². The molecular formula is C7H16N2O5S. The molecule has 1 amide bonds. The molecule has 0 spiro atoms.